The van der Waals surface area contributed by atoms with E-state index < -0.39 is 29.7 Å². The Morgan fingerprint density at radius 1 is 0.865 bits per heavy atom. The molecule has 0 aliphatic carbocycles. The van der Waals surface area contributed by atoms with Gasteiger partial charge in [-0.1, -0.05) is 17.7 Å². The molecule has 9 nitrogen and oxygen atoms in total. The van der Waals surface area contributed by atoms with Crippen LogP contribution >= 0.6 is 11.3 Å². The molecule has 0 saturated carbocycles. The minimum absolute atomic E-state index is 0.0567. The van der Waals surface area contributed by atoms with E-state index in [4.69, 9.17) is 9.47 Å². The lowest BCUT2D eigenvalue weighted by atomic mass is 10.1. The summed E-state index contributed by atoms with van der Waals surface area (Å²) in [5.74, 6) is -2.95. The summed E-state index contributed by atoms with van der Waals surface area (Å²) in [6, 6.07) is 11.2. The van der Waals surface area contributed by atoms with Gasteiger partial charge in [0.1, 0.15) is 9.88 Å². The van der Waals surface area contributed by atoms with E-state index >= 15 is 0 Å². The Balaban J connectivity index is 1.65. The summed E-state index contributed by atoms with van der Waals surface area (Å²) in [6.07, 6.45) is 0. The first-order chi connectivity index (χ1) is 17.7. The van der Waals surface area contributed by atoms with Crippen LogP contribution in [0.3, 0.4) is 0 Å². The molecule has 0 bridgehead atoms. The van der Waals surface area contributed by atoms with Gasteiger partial charge in [0.2, 0.25) is 0 Å². The van der Waals surface area contributed by atoms with Crippen molar-refractivity contribution in [3.8, 4) is 0 Å². The normalized spacial score (nSPS) is 12.4. The largest absolute Gasteiger partial charge is 0.462 e. The molecule has 1 aliphatic heterocycles. The summed E-state index contributed by atoms with van der Waals surface area (Å²) in [5.41, 5.74) is 2.19. The van der Waals surface area contributed by atoms with E-state index in [0.29, 0.717) is 11.3 Å². The molecule has 2 heterocycles. The van der Waals surface area contributed by atoms with Gasteiger partial charge in [-0.15, -0.1) is 11.3 Å². The van der Waals surface area contributed by atoms with Crippen LogP contribution < -0.4 is 10.2 Å². The number of thiophene rings is 1. The van der Waals surface area contributed by atoms with Crippen molar-refractivity contribution in [3.63, 3.8) is 0 Å². The molecule has 0 atom stereocenters. The van der Waals surface area contributed by atoms with Gasteiger partial charge < -0.3 is 14.8 Å². The lowest BCUT2D eigenvalue weighted by Gasteiger charge is -2.13. The van der Waals surface area contributed by atoms with E-state index in [0.717, 1.165) is 21.8 Å². The number of anilines is 2. The number of amides is 3. The zero-order valence-electron chi connectivity index (χ0n) is 20.7. The summed E-state index contributed by atoms with van der Waals surface area (Å²) in [7, 11) is 0. The first-order valence-corrected chi connectivity index (χ1v) is 12.4. The standard InChI is InChI=1S/C27H24N2O7S/c1-5-35-26(33)20-15(4)21(27(34)36-6-2)37-23(20)28-22(30)16-9-12-18-19(13-16)25(32)29(24(18)31)17-10-7-14(3)8-11-17/h7-13H,5-6H2,1-4H3,(H,28,30). The van der Waals surface area contributed by atoms with Gasteiger partial charge in [-0.2, -0.15) is 0 Å². The third-order valence-corrected chi connectivity index (χ3v) is 6.94. The predicted octanol–water partition coefficient (Wildman–Crippen LogP) is 4.77. The smallest absolute Gasteiger partial charge is 0.348 e. The van der Waals surface area contributed by atoms with Crippen molar-refractivity contribution in [2.45, 2.75) is 27.7 Å². The number of fused-ring (bicyclic) bond motifs is 1. The van der Waals surface area contributed by atoms with Crippen molar-refractivity contribution in [2.75, 3.05) is 23.4 Å². The lowest BCUT2D eigenvalue weighted by Crippen LogP contribution is -2.29. The Morgan fingerprint density at radius 2 is 1.49 bits per heavy atom. The van der Waals surface area contributed by atoms with Gasteiger partial charge in [-0.3, -0.25) is 14.4 Å². The molecule has 1 N–H and O–H groups in total. The fourth-order valence-corrected chi connectivity index (χ4v) is 5.01. The van der Waals surface area contributed by atoms with E-state index in [1.165, 1.54) is 18.2 Å². The second kappa shape index (κ2) is 10.4. The van der Waals surface area contributed by atoms with Gasteiger partial charge >= 0.3 is 11.9 Å². The minimum Gasteiger partial charge on any atom is -0.462 e. The topological polar surface area (TPSA) is 119 Å². The molecule has 0 saturated heterocycles. The summed E-state index contributed by atoms with van der Waals surface area (Å²) >= 11 is 0.900. The average Bonchev–Trinajstić information content (AvgIpc) is 3.32. The van der Waals surface area contributed by atoms with Crippen LogP contribution in [0.15, 0.2) is 42.5 Å². The Labute approximate surface area is 217 Å². The van der Waals surface area contributed by atoms with Crippen molar-refractivity contribution in [2.24, 2.45) is 0 Å². The molecule has 190 valence electrons. The van der Waals surface area contributed by atoms with Gasteiger partial charge in [0.25, 0.3) is 17.7 Å². The summed E-state index contributed by atoms with van der Waals surface area (Å²) in [5, 5.41) is 2.77. The Bertz CT molecular complexity index is 1440. The van der Waals surface area contributed by atoms with Crippen molar-refractivity contribution < 1.29 is 33.4 Å². The SMILES string of the molecule is CCOC(=O)c1sc(NC(=O)c2ccc3c(c2)C(=O)N(c2ccc(C)cc2)C3=O)c(C(=O)OCC)c1C. The highest BCUT2D eigenvalue weighted by Crippen LogP contribution is 2.35. The van der Waals surface area contributed by atoms with E-state index in [-0.39, 0.29) is 45.3 Å². The fourth-order valence-electron chi connectivity index (χ4n) is 3.93. The number of imide groups is 1. The van der Waals surface area contributed by atoms with E-state index in [9.17, 15) is 24.0 Å². The first kappa shape index (κ1) is 25.8. The number of ether oxygens (including phenoxy) is 2. The molecule has 3 amide bonds. The van der Waals surface area contributed by atoms with E-state index in [1.807, 2.05) is 6.92 Å². The van der Waals surface area contributed by atoms with Crippen LogP contribution in [0.2, 0.25) is 0 Å². The summed E-state index contributed by atoms with van der Waals surface area (Å²) in [6.45, 7) is 7.03. The molecule has 0 spiro atoms. The lowest BCUT2D eigenvalue weighted by molar-refractivity contribution is 0.0527. The van der Waals surface area contributed by atoms with Gasteiger partial charge in [0.05, 0.1) is 35.6 Å². The van der Waals surface area contributed by atoms with Gasteiger partial charge in [-0.25, -0.2) is 14.5 Å². The van der Waals surface area contributed by atoms with Gasteiger partial charge in [0.15, 0.2) is 0 Å². The molecule has 10 heteroatoms. The molecule has 0 radical (unpaired) electrons. The minimum atomic E-state index is -0.689. The third-order valence-electron chi connectivity index (χ3n) is 5.76. The van der Waals surface area contributed by atoms with Crippen molar-refractivity contribution in [1.82, 2.24) is 0 Å². The number of hydrogen-bond acceptors (Lipinski definition) is 8. The maximum atomic E-state index is 13.2. The third kappa shape index (κ3) is 4.75. The zero-order valence-corrected chi connectivity index (χ0v) is 21.5. The van der Waals surface area contributed by atoms with E-state index in [2.05, 4.69) is 5.32 Å². The molecule has 0 unspecified atom stereocenters. The molecular formula is C27H24N2O7S. The highest BCUT2D eigenvalue weighted by Gasteiger charge is 2.37. The second-order valence-electron chi connectivity index (χ2n) is 8.20. The number of esters is 2. The van der Waals surface area contributed by atoms with E-state index in [1.54, 1.807) is 45.0 Å². The van der Waals surface area contributed by atoms with Crippen LogP contribution in [-0.4, -0.2) is 42.9 Å². The molecule has 37 heavy (non-hydrogen) atoms. The Kier molecular flexibility index (Phi) is 7.21. The van der Waals surface area contributed by atoms with Crippen LogP contribution in [0.1, 0.15) is 76.1 Å². The number of benzene rings is 2. The summed E-state index contributed by atoms with van der Waals surface area (Å²) in [4.78, 5) is 65.4. The first-order valence-electron chi connectivity index (χ1n) is 11.6. The quantitative estimate of drug-likeness (QED) is 0.352. The molecule has 2 aromatic carbocycles. The van der Waals surface area contributed by atoms with Crippen LogP contribution in [0, 0.1) is 13.8 Å². The second-order valence-corrected chi connectivity index (χ2v) is 9.22. The number of hydrogen-bond donors (Lipinski definition) is 1. The van der Waals surface area contributed by atoms with Gasteiger partial charge in [-0.05, 0) is 63.6 Å². The van der Waals surface area contributed by atoms with Crippen molar-refractivity contribution in [1.29, 1.82) is 0 Å². The predicted molar refractivity (Wildman–Crippen MR) is 138 cm³/mol. The molecule has 1 aromatic heterocycles. The number of carbonyl (C=O) groups excluding carboxylic acids is 5. The monoisotopic (exact) mass is 520 g/mol. The Morgan fingerprint density at radius 3 is 2.14 bits per heavy atom. The van der Waals surface area contributed by atoms with Crippen LogP contribution in [0.25, 0.3) is 0 Å². The fraction of sp³-hybridized carbons (Fsp3) is 0.222. The Hall–Kier alpha value is -4.31. The average molecular weight is 521 g/mol. The van der Waals surface area contributed by atoms with Crippen LogP contribution in [0.4, 0.5) is 10.7 Å². The van der Waals surface area contributed by atoms with Gasteiger partial charge in [0, 0.05) is 5.56 Å². The van der Waals surface area contributed by atoms with Crippen LogP contribution in [0.5, 0.6) is 0 Å². The molecule has 3 aromatic rings. The molecule has 0 fully saturated rings. The maximum absolute atomic E-state index is 13.2. The number of nitrogens with one attached hydrogen (secondary N) is 1. The highest BCUT2D eigenvalue weighted by molar-refractivity contribution is 7.18. The summed E-state index contributed by atoms with van der Waals surface area (Å²) < 4.78 is 10.2. The zero-order chi connectivity index (χ0) is 26.9. The molecule has 1 aliphatic rings. The highest BCUT2D eigenvalue weighted by atomic mass is 32.1. The number of carbonyl (C=O) groups is 5. The number of nitrogens with zero attached hydrogens (tertiary/aromatic N) is 1. The number of aryl methyl sites for hydroxylation is 1. The maximum Gasteiger partial charge on any atom is 0.348 e. The van der Waals surface area contributed by atoms with Crippen LogP contribution in [-0.2, 0) is 9.47 Å². The van der Waals surface area contributed by atoms with Crippen molar-refractivity contribution >= 4 is 51.7 Å². The van der Waals surface area contributed by atoms with Crippen molar-refractivity contribution in [3.05, 3.63) is 80.7 Å². The number of rotatable bonds is 7. The molecular weight excluding hydrogens is 496 g/mol. The molecule has 4 rings (SSSR count).